The summed E-state index contributed by atoms with van der Waals surface area (Å²) in [5.41, 5.74) is 4.29. The molecule has 6 nitrogen and oxygen atoms in total. The van der Waals surface area contributed by atoms with E-state index in [9.17, 15) is 4.79 Å². The van der Waals surface area contributed by atoms with Crippen molar-refractivity contribution in [2.45, 2.75) is 25.1 Å². The first-order chi connectivity index (χ1) is 20.6. The quantitative estimate of drug-likeness (QED) is 0.162. The lowest BCUT2D eigenvalue weighted by atomic mass is 9.77. The molecule has 0 unspecified atom stereocenters. The fourth-order valence-electron chi connectivity index (χ4n) is 5.75. The summed E-state index contributed by atoms with van der Waals surface area (Å²) in [5.74, 6) is 0.922. The maximum atomic E-state index is 13.5. The van der Waals surface area contributed by atoms with Crippen molar-refractivity contribution in [1.82, 2.24) is 14.5 Å². The lowest BCUT2D eigenvalue weighted by molar-refractivity contribution is -0.139. The first kappa shape index (κ1) is 27.1. The molecule has 1 aliphatic rings. The predicted molar refractivity (Wildman–Crippen MR) is 164 cm³/mol. The molecule has 1 aromatic heterocycles. The Labute approximate surface area is 246 Å². The maximum Gasteiger partial charge on any atom is 0.289 e. The number of hydrogen-bond acceptors (Lipinski definition) is 4. The standard InChI is InChI=1S/C36H33N3O3/c1-27-23-38(24-28-18-20-33(41-2)21-19-28)35(40)34(42-27)22-32-25-39(26-37-32)36(29-12-6-3-7-13-29,30-14-8-4-9-15-30)31-16-10-5-11-17-31/h3-22,25-27H,23-24H2,1-2H3/t27-/m1/s1. The molecule has 1 aliphatic heterocycles. The summed E-state index contributed by atoms with van der Waals surface area (Å²) in [4.78, 5) is 20.1. The molecule has 42 heavy (non-hydrogen) atoms. The van der Waals surface area contributed by atoms with Gasteiger partial charge in [-0.1, -0.05) is 103 Å². The normalized spacial score (nSPS) is 16.3. The van der Waals surface area contributed by atoms with Gasteiger partial charge in [0.2, 0.25) is 0 Å². The van der Waals surface area contributed by atoms with Gasteiger partial charge in [0.15, 0.2) is 5.76 Å². The molecule has 4 aromatic carbocycles. The highest BCUT2D eigenvalue weighted by atomic mass is 16.5. The number of hydrogen-bond donors (Lipinski definition) is 0. The van der Waals surface area contributed by atoms with E-state index in [-0.39, 0.29) is 17.8 Å². The molecule has 2 heterocycles. The Bertz CT molecular complexity index is 1570. The van der Waals surface area contributed by atoms with Crippen molar-refractivity contribution < 1.29 is 14.3 Å². The van der Waals surface area contributed by atoms with E-state index < -0.39 is 5.54 Å². The van der Waals surface area contributed by atoms with Crippen LogP contribution in [0.15, 0.2) is 134 Å². The number of benzene rings is 4. The Kier molecular flexibility index (Phi) is 7.60. The van der Waals surface area contributed by atoms with Gasteiger partial charge in [-0.2, -0.15) is 0 Å². The highest BCUT2D eigenvalue weighted by Crippen LogP contribution is 2.41. The fraction of sp³-hybridized carbons (Fsp3) is 0.167. The van der Waals surface area contributed by atoms with Gasteiger partial charge in [0.05, 0.1) is 25.7 Å². The van der Waals surface area contributed by atoms with Crippen LogP contribution in [0.3, 0.4) is 0 Å². The van der Waals surface area contributed by atoms with Crippen LogP contribution in [-0.2, 0) is 21.6 Å². The van der Waals surface area contributed by atoms with Gasteiger partial charge >= 0.3 is 0 Å². The lowest BCUT2D eigenvalue weighted by Gasteiger charge is -2.37. The van der Waals surface area contributed by atoms with Crippen LogP contribution in [0.25, 0.3) is 6.08 Å². The van der Waals surface area contributed by atoms with E-state index in [1.54, 1.807) is 13.2 Å². The Morgan fingerprint density at radius 1 is 0.857 bits per heavy atom. The number of rotatable bonds is 8. The molecule has 1 saturated heterocycles. The number of carbonyl (C=O) groups excluding carboxylic acids is 1. The zero-order chi connectivity index (χ0) is 28.9. The Morgan fingerprint density at radius 2 is 1.40 bits per heavy atom. The summed E-state index contributed by atoms with van der Waals surface area (Å²) < 4.78 is 13.5. The number of carbonyl (C=O) groups is 1. The van der Waals surface area contributed by atoms with Gasteiger partial charge in [0.1, 0.15) is 17.4 Å². The van der Waals surface area contributed by atoms with Crippen LogP contribution in [0.2, 0.25) is 0 Å². The molecule has 0 N–H and O–H groups in total. The van der Waals surface area contributed by atoms with Gasteiger partial charge in [0.25, 0.3) is 5.91 Å². The number of morpholine rings is 1. The summed E-state index contributed by atoms with van der Waals surface area (Å²) in [7, 11) is 1.64. The second kappa shape index (κ2) is 11.8. The summed E-state index contributed by atoms with van der Waals surface area (Å²) in [6.07, 6.45) is 5.43. The van der Waals surface area contributed by atoms with Crippen LogP contribution in [0, 0.1) is 0 Å². The first-order valence-electron chi connectivity index (χ1n) is 14.1. The van der Waals surface area contributed by atoms with Crippen LogP contribution in [0.1, 0.15) is 34.9 Å². The number of imidazole rings is 1. The molecule has 5 aromatic rings. The molecule has 0 saturated carbocycles. The van der Waals surface area contributed by atoms with Crippen molar-refractivity contribution >= 4 is 12.0 Å². The molecular weight excluding hydrogens is 522 g/mol. The molecule has 210 valence electrons. The molecule has 0 radical (unpaired) electrons. The van der Waals surface area contributed by atoms with Gasteiger partial charge in [-0.25, -0.2) is 4.98 Å². The van der Waals surface area contributed by atoms with Gasteiger partial charge in [0, 0.05) is 18.8 Å². The SMILES string of the molecule is COc1ccc(CN2C[C@@H](C)OC(=Cc3cn(C(c4ccccc4)(c4ccccc4)c4ccccc4)cn3)C2=O)cc1. The molecule has 6 heteroatoms. The van der Waals surface area contributed by atoms with E-state index in [4.69, 9.17) is 14.5 Å². The van der Waals surface area contributed by atoms with Gasteiger partial charge in [-0.3, -0.25) is 4.79 Å². The minimum Gasteiger partial charge on any atom is -0.497 e. The second-order valence-corrected chi connectivity index (χ2v) is 10.5. The third-order valence-corrected chi connectivity index (χ3v) is 7.68. The van der Waals surface area contributed by atoms with Gasteiger partial charge in [-0.05, 0) is 41.3 Å². The van der Waals surface area contributed by atoms with E-state index >= 15 is 0 Å². The van der Waals surface area contributed by atoms with Crippen molar-refractivity contribution in [3.8, 4) is 5.75 Å². The maximum absolute atomic E-state index is 13.5. The number of methoxy groups -OCH3 is 1. The van der Waals surface area contributed by atoms with Gasteiger partial charge < -0.3 is 18.9 Å². The zero-order valence-corrected chi connectivity index (χ0v) is 23.8. The summed E-state index contributed by atoms with van der Waals surface area (Å²) in [5, 5.41) is 0. The lowest BCUT2D eigenvalue weighted by Crippen LogP contribution is -2.43. The highest BCUT2D eigenvalue weighted by molar-refractivity contribution is 5.96. The number of aromatic nitrogens is 2. The third-order valence-electron chi connectivity index (χ3n) is 7.68. The van der Waals surface area contributed by atoms with Crippen molar-refractivity contribution in [1.29, 1.82) is 0 Å². The minimum absolute atomic E-state index is 0.147. The Balaban J connectivity index is 1.39. The molecule has 1 amide bonds. The average Bonchev–Trinajstić information content (AvgIpc) is 3.50. The van der Waals surface area contributed by atoms with Crippen molar-refractivity contribution in [3.05, 3.63) is 161 Å². The zero-order valence-electron chi connectivity index (χ0n) is 23.8. The first-order valence-corrected chi connectivity index (χ1v) is 14.1. The monoisotopic (exact) mass is 555 g/mol. The van der Waals surface area contributed by atoms with Crippen molar-refractivity contribution in [3.63, 3.8) is 0 Å². The van der Waals surface area contributed by atoms with Crippen LogP contribution in [0.4, 0.5) is 0 Å². The highest BCUT2D eigenvalue weighted by Gasteiger charge is 2.38. The average molecular weight is 556 g/mol. The number of amides is 1. The van der Waals surface area contributed by atoms with E-state index in [0.717, 1.165) is 28.0 Å². The minimum atomic E-state index is -0.682. The largest absolute Gasteiger partial charge is 0.497 e. The molecule has 0 spiro atoms. The van der Waals surface area contributed by atoms with E-state index in [1.165, 1.54) is 0 Å². The van der Waals surface area contributed by atoms with E-state index in [0.29, 0.717) is 18.8 Å². The second-order valence-electron chi connectivity index (χ2n) is 10.5. The third kappa shape index (κ3) is 5.19. The van der Waals surface area contributed by atoms with E-state index in [1.807, 2.05) is 66.8 Å². The molecule has 1 atom stereocenters. The number of nitrogens with zero attached hydrogens (tertiary/aromatic N) is 3. The van der Waals surface area contributed by atoms with Crippen molar-refractivity contribution in [2.24, 2.45) is 0 Å². The van der Waals surface area contributed by atoms with Gasteiger partial charge in [-0.15, -0.1) is 0 Å². The smallest absolute Gasteiger partial charge is 0.289 e. The summed E-state index contributed by atoms with van der Waals surface area (Å²) >= 11 is 0. The van der Waals surface area contributed by atoms with Crippen LogP contribution in [-0.4, -0.2) is 40.1 Å². The fourth-order valence-corrected chi connectivity index (χ4v) is 5.75. The molecule has 0 aliphatic carbocycles. The predicted octanol–water partition coefficient (Wildman–Crippen LogP) is 6.52. The number of ether oxygens (including phenoxy) is 2. The summed E-state index contributed by atoms with van der Waals surface area (Å²) in [6.45, 7) is 2.97. The summed E-state index contributed by atoms with van der Waals surface area (Å²) in [6, 6.07) is 39.1. The molecule has 0 bridgehead atoms. The van der Waals surface area contributed by atoms with Crippen LogP contribution >= 0.6 is 0 Å². The van der Waals surface area contributed by atoms with Crippen molar-refractivity contribution in [2.75, 3.05) is 13.7 Å². The van der Waals surface area contributed by atoms with Crippen LogP contribution in [0.5, 0.6) is 5.75 Å². The Hall–Kier alpha value is -5.10. The molecule has 1 fully saturated rings. The Morgan fingerprint density at radius 3 is 1.93 bits per heavy atom. The molecular formula is C36H33N3O3. The van der Waals surface area contributed by atoms with E-state index in [2.05, 4.69) is 77.4 Å². The van der Waals surface area contributed by atoms with Crippen LogP contribution < -0.4 is 4.74 Å². The molecule has 6 rings (SSSR count). The topological polar surface area (TPSA) is 56.6 Å².